The van der Waals surface area contributed by atoms with Gasteiger partial charge in [0.2, 0.25) is 0 Å². The van der Waals surface area contributed by atoms with Gasteiger partial charge in [-0.25, -0.2) is 4.79 Å². The number of aryl methyl sites for hydroxylation is 2. The summed E-state index contributed by atoms with van der Waals surface area (Å²) in [6.07, 6.45) is 3.33. The van der Waals surface area contributed by atoms with Crippen molar-refractivity contribution in [2.75, 3.05) is 0 Å². The van der Waals surface area contributed by atoms with Crippen LogP contribution >= 0.6 is 0 Å². The highest BCUT2D eigenvalue weighted by atomic mass is 16.4. The van der Waals surface area contributed by atoms with Crippen LogP contribution in [0.15, 0.2) is 4.42 Å². The molecule has 0 spiro atoms. The van der Waals surface area contributed by atoms with E-state index in [4.69, 9.17) is 9.52 Å². The number of furan rings is 1. The molecule has 0 radical (unpaired) electrons. The summed E-state index contributed by atoms with van der Waals surface area (Å²) >= 11 is 0. The summed E-state index contributed by atoms with van der Waals surface area (Å²) in [6.45, 7) is 3.89. The zero-order valence-electron chi connectivity index (χ0n) is 9.58. The number of hydrogen-bond donors (Lipinski definition) is 1. The highest BCUT2D eigenvalue weighted by Gasteiger charge is 2.23. The number of carboxylic acids is 1. The van der Waals surface area contributed by atoms with Crippen LogP contribution in [0.2, 0.25) is 0 Å². The Balaban J connectivity index is 3.27. The summed E-state index contributed by atoms with van der Waals surface area (Å²) < 4.78 is 5.47. The molecule has 0 amide bonds. The van der Waals surface area contributed by atoms with E-state index in [1.165, 1.54) is 0 Å². The van der Waals surface area contributed by atoms with E-state index in [0.717, 1.165) is 12.8 Å². The first kappa shape index (κ1) is 12.5. The third kappa shape index (κ3) is 2.32. The van der Waals surface area contributed by atoms with E-state index < -0.39 is 5.97 Å². The first-order valence-electron chi connectivity index (χ1n) is 5.48. The topological polar surface area (TPSA) is 67.5 Å². The Kier molecular flexibility index (Phi) is 4.28. The van der Waals surface area contributed by atoms with Crippen LogP contribution in [0, 0.1) is 0 Å². The monoisotopic (exact) mass is 224 g/mol. The Morgan fingerprint density at radius 3 is 2.25 bits per heavy atom. The molecule has 1 rings (SSSR count). The average Bonchev–Trinajstić information content (AvgIpc) is 2.57. The van der Waals surface area contributed by atoms with Crippen LogP contribution < -0.4 is 0 Å². The minimum absolute atomic E-state index is 0.0419. The number of carbonyl (C=O) groups excluding carboxylic acids is 1. The lowest BCUT2D eigenvalue weighted by atomic mass is 10.1. The summed E-state index contributed by atoms with van der Waals surface area (Å²) in [6, 6.07) is 0. The Bertz CT molecular complexity index is 390. The van der Waals surface area contributed by atoms with E-state index in [-0.39, 0.29) is 11.1 Å². The van der Waals surface area contributed by atoms with Crippen LogP contribution in [-0.2, 0) is 12.8 Å². The van der Waals surface area contributed by atoms with Gasteiger partial charge in [0.25, 0.3) is 0 Å². The zero-order chi connectivity index (χ0) is 12.1. The second kappa shape index (κ2) is 5.49. The number of aromatic carboxylic acids is 1. The van der Waals surface area contributed by atoms with E-state index >= 15 is 0 Å². The standard InChI is InChI=1S/C12H16O4/c1-3-5-9-8(7-13)11(12(14)15)10(16-9)6-4-2/h7H,3-6H2,1-2H3,(H,14,15). The molecule has 1 aromatic heterocycles. The van der Waals surface area contributed by atoms with Crippen LogP contribution in [0.25, 0.3) is 0 Å². The normalized spacial score (nSPS) is 10.4. The van der Waals surface area contributed by atoms with Gasteiger partial charge in [0.1, 0.15) is 17.1 Å². The van der Waals surface area contributed by atoms with Crippen molar-refractivity contribution in [3.8, 4) is 0 Å². The molecule has 0 unspecified atom stereocenters. The van der Waals surface area contributed by atoms with E-state index in [9.17, 15) is 9.59 Å². The third-order valence-corrected chi connectivity index (χ3v) is 2.38. The highest BCUT2D eigenvalue weighted by Crippen LogP contribution is 2.24. The van der Waals surface area contributed by atoms with Crippen molar-refractivity contribution in [2.45, 2.75) is 39.5 Å². The van der Waals surface area contributed by atoms with Gasteiger partial charge >= 0.3 is 5.97 Å². The van der Waals surface area contributed by atoms with Crippen molar-refractivity contribution < 1.29 is 19.1 Å². The molecule has 0 saturated heterocycles. The van der Waals surface area contributed by atoms with Gasteiger partial charge in [-0.2, -0.15) is 0 Å². The molecule has 0 bridgehead atoms. The largest absolute Gasteiger partial charge is 0.478 e. The van der Waals surface area contributed by atoms with Crippen LogP contribution in [0.3, 0.4) is 0 Å². The van der Waals surface area contributed by atoms with Gasteiger partial charge in [-0.1, -0.05) is 13.8 Å². The van der Waals surface area contributed by atoms with Crippen molar-refractivity contribution >= 4 is 12.3 Å². The molecule has 0 atom stereocenters. The molecular formula is C12H16O4. The second-order valence-electron chi connectivity index (χ2n) is 3.66. The lowest BCUT2D eigenvalue weighted by molar-refractivity contribution is 0.0692. The van der Waals surface area contributed by atoms with Crippen LogP contribution in [0.4, 0.5) is 0 Å². The summed E-state index contributed by atoms with van der Waals surface area (Å²) in [4.78, 5) is 22.0. The van der Waals surface area contributed by atoms with Crippen LogP contribution in [0.1, 0.15) is 58.9 Å². The van der Waals surface area contributed by atoms with Crippen molar-refractivity contribution in [1.29, 1.82) is 0 Å². The van der Waals surface area contributed by atoms with Gasteiger partial charge in [-0.15, -0.1) is 0 Å². The number of aldehydes is 1. The van der Waals surface area contributed by atoms with Gasteiger partial charge < -0.3 is 9.52 Å². The molecule has 0 aliphatic carbocycles. The fourth-order valence-corrected chi connectivity index (χ4v) is 1.72. The lowest BCUT2D eigenvalue weighted by Crippen LogP contribution is -2.03. The number of carboxylic acid groups (broad SMARTS) is 1. The van der Waals surface area contributed by atoms with E-state index in [2.05, 4.69) is 0 Å². The third-order valence-electron chi connectivity index (χ3n) is 2.38. The maximum Gasteiger partial charge on any atom is 0.340 e. The molecule has 4 nitrogen and oxygen atoms in total. The second-order valence-corrected chi connectivity index (χ2v) is 3.66. The van der Waals surface area contributed by atoms with Gasteiger partial charge in [0.15, 0.2) is 6.29 Å². The fourth-order valence-electron chi connectivity index (χ4n) is 1.72. The lowest BCUT2D eigenvalue weighted by Gasteiger charge is -1.94. The maximum absolute atomic E-state index is 11.1. The predicted octanol–water partition coefficient (Wildman–Crippen LogP) is 2.70. The molecule has 88 valence electrons. The summed E-state index contributed by atoms with van der Waals surface area (Å²) in [5.74, 6) is -0.171. The van der Waals surface area contributed by atoms with Gasteiger partial charge in [-0.05, 0) is 12.8 Å². The van der Waals surface area contributed by atoms with E-state index in [0.29, 0.717) is 30.6 Å². The predicted molar refractivity (Wildman–Crippen MR) is 59.0 cm³/mol. The minimum atomic E-state index is -1.09. The van der Waals surface area contributed by atoms with Crippen LogP contribution in [-0.4, -0.2) is 17.4 Å². The minimum Gasteiger partial charge on any atom is -0.478 e. The molecule has 0 fully saturated rings. The molecule has 1 aromatic rings. The molecule has 4 heteroatoms. The Morgan fingerprint density at radius 2 is 1.81 bits per heavy atom. The molecule has 16 heavy (non-hydrogen) atoms. The molecule has 0 aromatic carbocycles. The number of carbonyl (C=O) groups is 2. The molecule has 0 saturated carbocycles. The quantitative estimate of drug-likeness (QED) is 0.754. The van der Waals surface area contributed by atoms with E-state index in [1.807, 2.05) is 13.8 Å². The first-order valence-corrected chi connectivity index (χ1v) is 5.48. The molecule has 1 N–H and O–H groups in total. The summed E-state index contributed by atoms with van der Waals surface area (Å²) in [5, 5.41) is 9.07. The van der Waals surface area contributed by atoms with Gasteiger partial charge in [-0.3, -0.25) is 4.79 Å². The summed E-state index contributed by atoms with van der Waals surface area (Å²) in [5.41, 5.74) is 0.248. The number of hydrogen-bond acceptors (Lipinski definition) is 3. The molecular weight excluding hydrogens is 208 g/mol. The molecule has 0 aliphatic heterocycles. The molecule has 0 aliphatic rings. The van der Waals surface area contributed by atoms with Crippen molar-refractivity contribution in [1.82, 2.24) is 0 Å². The Hall–Kier alpha value is -1.58. The van der Waals surface area contributed by atoms with Crippen molar-refractivity contribution in [3.05, 3.63) is 22.6 Å². The van der Waals surface area contributed by atoms with E-state index in [1.54, 1.807) is 0 Å². The zero-order valence-corrected chi connectivity index (χ0v) is 9.58. The highest BCUT2D eigenvalue weighted by molar-refractivity contribution is 5.98. The Labute approximate surface area is 94.3 Å². The molecule has 1 heterocycles. The first-order chi connectivity index (χ1) is 7.65. The maximum atomic E-state index is 11.1. The van der Waals surface area contributed by atoms with Crippen molar-refractivity contribution in [2.24, 2.45) is 0 Å². The van der Waals surface area contributed by atoms with Gasteiger partial charge in [0.05, 0.1) is 5.56 Å². The number of rotatable bonds is 6. The SMILES string of the molecule is CCCc1oc(CCC)c(C(=O)O)c1C=O. The summed E-state index contributed by atoms with van der Waals surface area (Å²) in [7, 11) is 0. The Morgan fingerprint density at radius 1 is 1.25 bits per heavy atom. The van der Waals surface area contributed by atoms with Crippen molar-refractivity contribution in [3.63, 3.8) is 0 Å². The smallest absolute Gasteiger partial charge is 0.340 e. The average molecular weight is 224 g/mol. The van der Waals surface area contributed by atoms with Gasteiger partial charge in [0, 0.05) is 12.8 Å². The van der Waals surface area contributed by atoms with Crippen LogP contribution in [0.5, 0.6) is 0 Å². The fraction of sp³-hybridized carbons (Fsp3) is 0.500.